The third-order valence-electron chi connectivity index (χ3n) is 2.87. The van der Waals surface area contributed by atoms with E-state index in [1.807, 2.05) is 18.2 Å². The molecule has 0 unspecified atom stereocenters. The fourth-order valence-electron chi connectivity index (χ4n) is 1.98. The second-order valence-corrected chi connectivity index (χ2v) is 7.16. The summed E-state index contributed by atoms with van der Waals surface area (Å²) >= 11 is 1.44. The van der Waals surface area contributed by atoms with Gasteiger partial charge in [0.15, 0.2) is 0 Å². The van der Waals surface area contributed by atoms with E-state index in [0.717, 1.165) is 9.58 Å². The van der Waals surface area contributed by atoms with Crippen molar-refractivity contribution >= 4 is 37.3 Å². The third kappa shape index (κ3) is 2.06. The summed E-state index contributed by atoms with van der Waals surface area (Å²) in [6.07, 6.45) is 0. The van der Waals surface area contributed by atoms with Crippen LogP contribution in [0.2, 0.25) is 0 Å². The molecular weight excluding hydrogens is 298 g/mol. The number of anilines is 1. The second kappa shape index (κ2) is 4.57. The number of sulfonamides is 1. The molecule has 0 amide bonds. The molecular formula is C12H11N3O3S2. The minimum atomic E-state index is -3.72. The Balaban J connectivity index is 2.14. The summed E-state index contributed by atoms with van der Waals surface area (Å²) in [4.78, 5) is 1.01. The monoisotopic (exact) mass is 309 g/mol. The standard InChI is InChI=1S/C12H11N3O3S2/c1-7-12(14-18-13-7)15-20(16,17)11-8(2)19-10-6-4-3-5-9(10)11/h3-6H,1-2H3,(H,14,15). The van der Waals surface area contributed by atoms with Crippen molar-refractivity contribution < 1.29 is 13.0 Å². The maximum atomic E-state index is 12.5. The van der Waals surface area contributed by atoms with E-state index < -0.39 is 10.0 Å². The number of aromatic nitrogens is 2. The first-order valence-electron chi connectivity index (χ1n) is 5.79. The van der Waals surface area contributed by atoms with E-state index in [1.54, 1.807) is 19.9 Å². The second-order valence-electron chi connectivity index (χ2n) is 4.29. The number of benzene rings is 1. The lowest BCUT2D eigenvalue weighted by Crippen LogP contribution is -2.14. The summed E-state index contributed by atoms with van der Waals surface area (Å²) in [6.45, 7) is 3.40. The van der Waals surface area contributed by atoms with E-state index in [9.17, 15) is 8.42 Å². The fraction of sp³-hybridized carbons (Fsp3) is 0.167. The van der Waals surface area contributed by atoms with Gasteiger partial charge in [-0.1, -0.05) is 23.4 Å². The molecule has 0 aliphatic carbocycles. The van der Waals surface area contributed by atoms with Crippen LogP contribution in [0.3, 0.4) is 0 Å². The van der Waals surface area contributed by atoms with E-state index in [2.05, 4.69) is 19.7 Å². The molecule has 0 saturated heterocycles. The molecule has 3 aromatic rings. The van der Waals surface area contributed by atoms with Gasteiger partial charge in [0.2, 0.25) is 5.82 Å². The summed E-state index contributed by atoms with van der Waals surface area (Å²) in [5.74, 6) is 0.111. The van der Waals surface area contributed by atoms with Crippen LogP contribution in [-0.2, 0) is 10.0 Å². The molecule has 6 nitrogen and oxygen atoms in total. The summed E-state index contributed by atoms with van der Waals surface area (Å²) in [6, 6.07) is 7.39. The lowest BCUT2D eigenvalue weighted by atomic mass is 10.2. The molecule has 8 heteroatoms. The number of hydrogen-bond acceptors (Lipinski definition) is 6. The summed E-state index contributed by atoms with van der Waals surface area (Å²) in [5.41, 5.74) is 0.394. The number of aryl methyl sites for hydroxylation is 2. The highest BCUT2D eigenvalue weighted by Crippen LogP contribution is 2.34. The molecule has 2 heterocycles. The summed E-state index contributed by atoms with van der Waals surface area (Å²) in [7, 11) is -3.72. The van der Waals surface area contributed by atoms with Crippen LogP contribution in [0.15, 0.2) is 33.8 Å². The highest BCUT2D eigenvalue weighted by Gasteiger charge is 2.24. The van der Waals surface area contributed by atoms with Crippen molar-refractivity contribution in [2.45, 2.75) is 18.7 Å². The Labute approximate surface area is 119 Å². The zero-order valence-electron chi connectivity index (χ0n) is 10.7. The molecule has 104 valence electrons. The van der Waals surface area contributed by atoms with Crippen molar-refractivity contribution in [2.24, 2.45) is 0 Å². The van der Waals surface area contributed by atoms with Gasteiger partial charge in [-0.05, 0) is 25.1 Å². The Bertz CT molecular complexity index is 880. The molecule has 0 aliphatic rings. The van der Waals surface area contributed by atoms with Crippen molar-refractivity contribution in [1.82, 2.24) is 10.3 Å². The first kappa shape index (κ1) is 13.1. The average molecular weight is 309 g/mol. The van der Waals surface area contributed by atoms with Gasteiger partial charge in [-0.2, -0.15) is 0 Å². The van der Waals surface area contributed by atoms with Gasteiger partial charge < -0.3 is 0 Å². The van der Waals surface area contributed by atoms with Gasteiger partial charge in [0.05, 0.1) is 0 Å². The Kier molecular flexibility index (Phi) is 2.98. The van der Waals surface area contributed by atoms with Crippen LogP contribution in [0.5, 0.6) is 0 Å². The van der Waals surface area contributed by atoms with Gasteiger partial charge in [0.25, 0.3) is 10.0 Å². The molecule has 20 heavy (non-hydrogen) atoms. The smallest absolute Gasteiger partial charge is 0.259 e. The van der Waals surface area contributed by atoms with Gasteiger partial charge in [0.1, 0.15) is 10.6 Å². The van der Waals surface area contributed by atoms with E-state index in [1.165, 1.54) is 11.3 Å². The van der Waals surface area contributed by atoms with Gasteiger partial charge in [0, 0.05) is 15.0 Å². The first-order chi connectivity index (χ1) is 9.49. The zero-order chi connectivity index (χ0) is 14.3. The van der Waals surface area contributed by atoms with Crippen molar-refractivity contribution in [1.29, 1.82) is 0 Å². The van der Waals surface area contributed by atoms with Gasteiger partial charge >= 0.3 is 0 Å². The van der Waals surface area contributed by atoms with Crippen LogP contribution >= 0.6 is 11.3 Å². The Morgan fingerprint density at radius 3 is 2.65 bits per heavy atom. The Hall–Kier alpha value is -1.93. The molecule has 2 aromatic heterocycles. The highest BCUT2D eigenvalue weighted by molar-refractivity contribution is 7.93. The fourth-order valence-corrected chi connectivity index (χ4v) is 4.85. The maximum absolute atomic E-state index is 12.5. The van der Waals surface area contributed by atoms with Crippen LogP contribution in [-0.4, -0.2) is 18.7 Å². The van der Waals surface area contributed by atoms with Gasteiger partial charge in [-0.25, -0.2) is 13.0 Å². The predicted molar refractivity (Wildman–Crippen MR) is 76.4 cm³/mol. The normalized spacial score (nSPS) is 11.9. The molecule has 0 radical (unpaired) electrons. The zero-order valence-corrected chi connectivity index (χ0v) is 12.4. The Morgan fingerprint density at radius 2 is 1.95 bits per heavy atom. The number of hydrogen-bond donors (Lipinski definition) is 1. The molecule has 0 bridgehead atoms. The minimum absolute atomic E-state index is 0.111. The van der Waals surface area contributed by atoms with E-state index in [0.29, 0.717) is 11.1 Å². The Morgan fingerprint density at radius 1 is 1.20 bits per heavy atom. The van der Waals surface area contributed by atoms with Gasteiger partial charge in [-0.15, -0.1) is 11.3 Å². The molecule has 3 rings (SSSR count). The molecule has 0 saturated carbocycles. The third-order valence-corrected chi connectivity index (χ3v) is 5.61. The van der Waals surface area contributed by atoms with Crippen LogP contribution in [0.4, 0.5) is 5.82 Å². The number of nitrogens with one attached hydrogen (secondary N) is 1. The molecule has 0 spiro atoms. The molecule has 0 aliphatic heterocycles. The van der Waals surface area contributed by atoms with Crippen molar-refractivity contribution in [3.05, 3.63) is 34.8 Å². The molecule has 1 aromatic carbocycles. The topological polar surface area (TPSA) is 85.1 Å². The van der Waals surface area contributed by atoms with Crippen molar-refractivity contribution in [3.8, 4) is 0 Å². The quantitative estimate of drug-likeness (QED) is 0.804. The highest BCUT2D eigenvalue weighted by atomic mass is 32.2. The van der Waals surface area contributed by atoms with Crippen molar-refractivity contribution in [3.63, 3.8) is 0 Å². The van der Waals surface area contributed by atoms with Crippen molar-refractivity contribution in [2.75, 3.05) is 4.72 Å². The number of nitrogens with zero attached hydrogens (tertiary/aromatic N) is 2. The first-order valence-corrected chi connectivity index (χ1v) is 8.09. The summed E-state index contributed by atoms with van der Waals surface area (Å²) < 4.78 is 32.9. The lowest BCUT2D eigenvalue weighted by molar-refractivity contribution is 0.306. The van der Waals surface area contributed by atoms with Crippen LogP contribution in [0.25, 0.3) is 10.1 Å². The predicted octanol–water partition coefficient (Wildman–Crippen LogP) is 2.70. The number of fused-ring (bicyclic) bond motifs is 1. The average Bonchev–Trinajstić information content (AvgIpc) is 2.92. The molecule has 1 N–H and O–H groups in total. The molecule has 0 atom stereocenters. The van der Waals surface area contributed by atoms with E-state index >= 15 is 0 Å². The van der Waals surface area contributed by atoms with E-state index in [4.69, 9.17) is 0 Å². The van der Waals surface area contributed by atoms with E-state index in [-0.39, 0.29) is 10.7 Å². The maximum Gasteiger partial charge on any atom is 0.264 e. The van der Waals surface area contributed by atoms with Crippen LogP contribution in [0.1, 0.15) is 10.6 Å². The lowest BCUT2D eigenvalue weighted by Gasteiger charge is -2.05. The van der Waals surface area contributed by atoms with Gasteiger partial charge in [-0.3, -0.25) is 4.72 Å². The molecule has 0 fully saturated rings. The van der Waals surface area contributed by atoms with Crippen LogP contribution in [0, 0.1) is 13.8 Å². The summed E-state index contributed by atoms with van der Waals surface area (Å²) in [5, 5.41) is 7.81. The SMILES string of the molecule is Cc1nonc1NS(=O)(=O)c1c(C)sc2ccccc12. The largest absolute Gasteiger partial charge is 0.264 e. The number of rotatable bonds is 3. The van der Waals surface area contributed by atoms with Crippen LogP contribution < -0.4 is 4.72 Å². The number of thiophene rings is 1. The minimum Gasteiger partial charge on any atom is -0.259 e.